The summed E-state index contributed by atoms with van der Waals surface area (Å²) in [5.41, 5.74) is 1.82. The van der Waals surface area contributed by atoms with Crippen LogP contribution in [0.3, 0.4) is 0 Å². The molecule has 0 spiro atoms. The average Bonchev–Trinajstić information content (AvgIpc) is 3.16. The molecule has 0 unspecified atom stereocenters. The van der Waals surface area contributed by atoms with Crippen LogP contribution in [0.4, 0.5) is 10.1 Å². The number of ether oxygens (including phenoxy) is 2. The first-order valence-electron chi connectivity index (χ1n) is 9.63. The number of terminal acetylenes is 1. The molecule has 162 valence electrons. The minimum absolute atomic E-state index is 0.0325. The zero-order valence-electron chi connectivity index (χ0n) is 17.0. The normalized spacial score (nSPS) is 14.8. The summed E-state index contributed by atoms with van der Waals surface area (Å²) in [6.07, 6.45) is 5.42. The number of carboxylic acids is 1. The smallest absolute Gasteiger partial charge is 0.346 e. The van der Waals surface area contributed by atoms with Gasteiger partial charge in [-0.15, -0.1) is 17.8 Å². The highest BCUT2D eigenvalue weighted by Gasteiger charge is 2.35. The number of carboxylic acid groups (broad SMARTS) is 1. The maximum absolute atomic E-state index is 13.9. The van der Waals surface area contributed by atoms with Crippen molar-refractivity contribution in [2.24, 2.45) is 0 Å². The topological polar surface area (TPSA) is 84.9 Å². The standard InChI is InChI=1S/C24H18FNO5S/c1-3-9-31-18-11-13(7-8-17(18)30-2)16-12-19(27)26-21-20(14-5-4-6-15(25)10-14)23(24(28)29)32-22(16)21/h1,4-8,10-11,16H,9,12H2,2H3,(H,26,27)(H,28,29)/t16-/m1/s1. The number of aromatic carboxylic acids is 1. The summed E-state index contributed by atoms with van der Waals surface area (Å²) >= 11 is 1.07. The Hall–Kier alpha value is -3.83. The predicted molar refractivity (Wildman–Crippen MR) is 119 cm³/mol. The van der Waals surface area contributed by atoms with Gasteiger partial charge < -0.3 is 19.9 Å². The molecule has 1 amide bonds. The summed E-state index contributed by atoms with van der Waals surface area (Å²) in [5, 5.41) is 12.6. The Bertz CT molecular complexity index is 1260. The first kappa shape index (κ1) is 21.4. The Kier molecular flexibility index (Phi) is 5.84. The van der Waals surface area contributed by atoms with Crippen LogP contribution in [0, 0.1) is 18.2 Å². The number of rotatable bonds is 6. The van der Waals surface area contributed by atoms with Crippen LogP contribution in [-0.2, 0) is 4.79 Å². The molecule has 1 aliphatic rings. The van der Waals surface area contributed by atoms with Crippen molar-refractivity contribution in [1.29, 1.82) is 0 Å². The van der Waals surface area contributed by atoms with Gasteiger partial charge in [-0.25, -0.2) is 9.18 Å². The van der Waals surface area contributed by atoms with E-state index >= 15 is 0 Å². The first-order chi connectivity index (χ1) is 15.4. The molecule has 1 aromatic heterocycles. The van der Waals surface area contributed by atoms with Gasteiger partial charge in [0.15, 0.2) is 11.5 Å². The number of methoxy groups -OCH3 is 1. The van der Waals surface area contributed by atoms with Crippen LogP contribution in [0.15, 0.2) is 42.5 Å². The Morgan fingerprint density at radius 3 is 2.81 bits per heavy atom. The zero-order chi connectivity index (χ0) is 22.8. The van der Waals surface area contributed by atoms with Crippen LogP contribution in [0.1, 0.15) is 32.5 Å². The van der Waals surface area contributed by atoms with Crippen molar-refractivity contribution in [3.05, 3.63) is 63.6 Å². The van der Waals surface area contributed by atoms with Gasteiger partial charge in [0.1, 0.15) is 17.3 Å². The number of hydrogen-bond donors (Lipinski definition) is 2. The molecule has 1 aliphatic heterocycles. The number of carbonyl (C=O) groups is 2. The number of amides is 1. The predicted octanol–water partition coefficient (Wildman–Crippen LogP) is 4.75. The van der Waals surface area contributed by atoms with E-state index in [1.54, 1.807) is 24.3 Å². The Morgan fingerprint density at radius 2 is 2.12 bits per heavy atom. The average molecular weight is 451 g/mol. The number of benzene rings is 2. The molecule has 2 heterocycles. The number of fused-ring (bicyclic) bond motifs is 1. The molecule has 4 rings (SSSR count). The molecule has 0 bridgehead atoms. The lowest BCUT2D eigenvalue weighted by Crippen LogP contribution is -2.22. The fourth-order valence-corrected chi connectivity index (χ4v) is 5.01. The van der Waals surface area contributed by atoms with E-state index in [4.69, 9.17) is 15.9 Å². The second-order valence-corrected chi connectivity index (χ2v) is 8.12. The van der Waals surface area contributed by atoms with Gasteiger partial charge in [0.25, 0.3) is 0 Å². The molecule has 0 fully saturated rings. The molecule has 0 radical (unpaired) electrons. The lowest BCUT2D eigenvalue weighted by molar-refractivity contribution is -0.116. The summed E-state index contributed by atoms with van der Waals surface area (Å²) in [6.45, 7) is 0.0437. The van der Waals surface area contributed by atoms with Gasteiger partial charge in [0, 0.05) is 22.8 Å². The number of nitrogens with one attached hydrogen (secondary N) is 1. The van der Waals surface area contributed by atoms with E-state index in [1.807, 2.05) is 0 Å². The van der Waals surface area contributed by atoms with Crippen LogP contribution in [0.25, 0.3) is 11.1 Å². The van der Waals surface area contributed by atoms with Crippen LogP contribution < -0.4 is 14.8 Å². The molecule has 8 heteroatoms. The highest BCUT2D eigenvalue weighted by Crippen LogP contribution is 2.50. The minimum atomic E-state index is -1.15. The third kappa shape index (κ3) is 3.90. The first-order valence-corrected chi connectivity index (χ1v) is 10.4. The molecule has 0 saturated carbocycles. The third-order valence-corrected chi connectivity index (χ3v) is 6.41. The summed E-state index contributed by atoms with van der Waals surface area (Å²) in [6, 6.07) is 10.9. The van der Waals surface area contributed by atoms with Gasteiger partial charge in [-0.1, -0.05) is 24.1 Å². The highest BCUT2D eigenvalue weighted by atomic mass is 32.1. The second-order valence-electron chi connectivity index (χ2n) is 7.07. The Morgan fingerprint density at radius 1 is 1.31 bits per heavy atom. The molecule has 2 N–H and O–H groups in total. The molecular weight excluding hydrogens is 433 g/mol. The van der Waals surface area contributed by atoms with E-state index in [0.717, 1.165) is 16.9 Å². The minimum Gasteiger partial charge on any atom is -0.493 e. The van der Waals surface area contributed by atoms with Crippen molar-refractivity contribution in [3.63, 3.8) is 0 Å². The Labute approximate surface area is 187 Å². The van der Waals surface area contributed by atoms with Crippen LogP contribution >= 0.6 is 11.3 Å². The van der Waals surface area contributed by atoms with Crippen molar-refractivity contribution < 1.29 is 28.6 Å². The summed E-state index contributed by atoms with van der Waals surface area (Å²) < 4.78 is 24.8. The van der Waals surface area contributed by atoms with Gasteiger partial charge in [-0.3, -0.25) is 4.79 Å². The van der Waals surface area contributed by atoms with Gasteiger partial charge in [-0.2, -0.15) is 0 Å². The van der Waals surface area contributed by atoms with Crippen molar-refractivity contribution in [2.75, 3.05) is 19.0 Å². The largest absolute Gasteiger partial charge is 0.493 e. The zero-order valence-corrected chi connectivity index (χ0v) is 17.8. The van der Waals surface area contributed by atoms with E-state index in [2.05, 4.69) is 11.2 Å². The van der Waals surface area contributed by atoms with Gasteiger partial charge in [-0.05, 0) is 35.4 Å². The molecule has 1 atom stereocenters. The van der Waals surface area contributed by atoms with Crippen LogP contribution in [0.2, 0.25) is 0 Å². The summed E-state index contributed by atoms with van der Waals surface area (Å²) in [5.74, 6) is 0.988. The number of hydrogen-bond acceptors (Lipinski definition) is 5. The maximum Gasteiger partial charge on any atom is 0.346 e. The van der Waals surface area contributed by atoms with E-state index in [0.29, 0.717) is 33.2 Å². The monoisotopic (exact) mass is 451 g/mol. The lowest BCUT2D eigenvalue weighted by atomic mass is 9.88. The van der Waals surface area contributed by atoms with Gasteiger partial charge in [0.2, 0.25) is 5.91 Å². The number of thiophene rings is 1. The van der Waals surface area contributed by atoms with E-state index in [1.165, 1.54) is 25.3 Å². The van der Waals surface area contributed by atoms with E-state index < -0.39 is 17.7 Å². The summed E-state index contributed by atoms with van der Waals surface area (Å²) in [4.78, 5) is 25.3. The fourth-order valence-electron chi connectivity index (χ4n) is 3.77. The molecule has 32 heavy (non-hydrogen) atoms. The molecule has 2 aromatic carbocycles. The van der Waals surface area contributed by atoms with Crippen LogP contribution in [-0.4, -0.2) is 30.7 Å². The SMILES string of the molecule is C#CCOc1cc([C@H]2CC(=O)Nc3c2sc(C(=O)O)c3-c2cccc(F)c2)ccc1OC. The Balaban J connectivity index is 1.88. The fraction of sp³-hybridized carbons (Fsp3) is 0.167. The quantitative estimate of drug-likeness (QED) is 0.529. The molecule has 0 saturated heterocycles. The van der Waals surface area contributed by atoms with E-state index in [9.17, 15) is 19.1 Å². The van der Waals surface area contributed by atoms with Crippen molar-refractivity contribution in [2.45, 2.75) is 12.3 Å². The molecule has 6 nitrogen and oxygen atoms in total. The third-order valence-electron chi connectivity index (χ3n) is 5.11. The number of halogens is 1. The second kappa shape index (κ2) is 8.73. The highest BCUT2D eigenvalue weighted by molar-refractivity contribution is 7.15. The van der Waals surface area contributed by atoms with Gasteiger partial charge >= 0.3 is 5.97 Å². The van der Waals surface area contributed by atoms with E-state index in [-0.39, 0.29) is 23.8 Å². The number of anilines is 1. The molecule has 3 aromatic rings. The van der Waals surface area contributed by atoms with Gasteiger partial charge in [0.05, 0.1) is 12.8 Å². The lowest BCUT2D eigenvalue weighted by Gasteiger charge is -2.24. The molecular formula is C24H18FNO5S. The van der Waals surface area contributed by atoms with Crippen molar-refractivity contribution >= 4 is 28.9 Å². The molecule has 0 aliphatic carbocycles. The maximum atomic E-state index is 13.9. The van der Waals surface area contributed by atoms with Crippen molar-refractivity contribution in [1.82, 2.24) is 0 Å². The number of carbonyl (C=O) groups excluding carboxylic acids is 1. The van der Waals surface area contributed by atoms with Crippen molar-refractivity contribution in [3.8, 4) is 35.0 Å². The van der Waals surface area contributed by atoms with Crippen LogP contribution in [0.5, 0.6) is 11.5 Å². The summed E-state index contributed by atoms with van der Waals surface area (Å²) in [7, 11) is 1.51.